The summed E-state index contributed by atoms with van der Waals surface area (Å²) in [5, 5.41) is 15.8. The van der Waals surface area contributed by atoms with Gasteiger partial charge in [0.15, 0.2) is 5.96 Å². The summed E-state index contributed by atoms with van der Waals surface area (Å²) in [5.41, 5.74) is 2.49. The number of guanidine groups is 1. The van der Waals surface area contributed by atoms with Gasteiger partial charge >= 0.3 is 0 Å². The van der Waals surface area contributed by atoms with E-state index < -0.39 is 0 Å². The van der Waals surface area contributed by atoms with E-state index in [1.807, 2.05) is 0 Å². The molecule has 0 atom stereocenters. The Morgan fingerprint density at radius 2 is 1.88 bits per heavy atom. The number of piperidine rings is 1. The third kappa shape index (κ3) is 5.71. The molecule has 134 valence electrons. The molecule has 1 heterocycles. The molecule has 5 nitrogen and oxygen atoms in total. The average molecular weight is 332 g/mol. The number of nitrogens with zero attached hydrogens (tertiary/aromatic N) is 2. The predicted octanol–water partition coefficient (Wildman–Crippen LogP) is 2.36. The molecular formula is C19H32N4O. The van der Waals surface area contributed by atoms with Crippen molar-refractivity contribution in [3.8, 4) is 0 Å². The fourth-order valence-corrected chi connectivity index (χ4v) is 2.94. The largest absolute Gasteiger partial charge is 0.396 e. The van der Waals surface area contributed by atoms with E-state index in [1.165, 1.54) is 11.3 Å². The van der Waals surface area contributed by atoms with E-state index in [9.17, 15) is 5.11 Å². The molecule has 0 bridgehead atoms. The summed E-state index contributed by atoms with van der Waals surface area (Å²) in [6, 6.07) is 8.72. The summed E-state index contributed by atoms with van der Waals surface area (Å²) in [6.07, 6.45) is 3.25. The normalized spacial score (nSPS) is 16.3. The Kier molecular flexibility index (Phi) is 7.89. The molecule has 24 heavy (non-hydrogen) atoms. The second kappa shape index (κ2) is 10.2. The number of aliphatic imine (C=N–C) groups is 1. The Hall–Kier alpha value is -1.75. The Bertz CT molecular complexity index is 493. The van der Waals surface area contributed by atoms with E-state index in [2.05, 4.69) is 58.6 Å². The molecule has 3 N–H and O–H groups in total. The van der Waals surface area contributed by atoms with E-state index in [-0.39, 0.29) is 0 Å². The van der Waals surface area contributed by atoms with Gasteiger partial charge in [0.05, 0.1) is 6.54 Å². The van der Waals surface area contributed by atoms with E-state index >= 15 is 0 Å². The second-order valence-corrected chi connectivity index (χ2v) is 6.40. The quantitative estimate of drug-likeness (QED) is 0.530. The van der Waals surface area contributed by atoms with Crippen LogP contribution in [0, 0.1) is 5.92 Å². The highest BCUT2D eigenvalue weighted by Crippen LogP contribution is 2.23. The number of rotatable bonds is 7. The smallest absolute Gasteiger partial charge is 0.191 e. The highest BCUT2D eigenvalue weighted by atomic mass is 16.3. The molecule has 1 aliphatic heterocycles. The van der Waals surface area contributed by atoms with Crippen LogP contribution in [0.4, 0.5) is 5.69 Å². The first kappa shape index (κ1) is 18.6. The van der Waals surface area contributed by atoms with Gasteiger partial charge in [0.25, 0.3) is 0 Å². The zero-order valence-corrected chi connectivity index (χ0v) is 15.1. The van der Waals surface area contributed by atoms with Crippen LogP contribution >= 0.6 is 0 Å². The number of anilines is 1. The number of benzene rings is 1. The fraction of sp³-hybridized carbons (Fsp3) is 0.632. The Morgan fingerprint density at radius 3 is 2.46 bits per heavy atom. The van der Waals surface area contributed by atoms with Gasteiger partial charge in [-0.2, -0.15) is 0 Å². The lowest BCUT2D eigenvalue weighted by atomic mass is 9.97. The van der Waals surface area contributed by atoms with Crippen LogP contribution in [-0.2, 0) is 6.54 Å². The summed E-state index contributed by atoms with van der Waals surface area (Å²) in [5.74, 6) is 1.37. The molecule has 0 aliphatic carbocycles. The number of hydrogen-bond acceptors (Lipinski definition) is 3. The summed E-state index contributed by atoms with van der Waals surface area (Å²) in [7, 11) is 0. The number of nitrogens with one attached hydrogen (secondary N) is 2. The van der Waals surface area contributed by atoms with Crippen molar-refractivity contribution < 1.29 is 5.11 Å². The van der Waals surface area contributed by atoms with Crippen LogP contribution in [0.2, 0.25) is 0 Å². The van der Waals surface area contributed by atoms with E-state index in [0.717, 1.165) is 51.4 Å². The minimum atomic E-state index is 0.324. The lowest BCUT2D eigenvalue weighted by Crippen LogP contribution is -2.37. The molecule has 1 aromatic rings. The third-order valence-electron chi connectivity index (χ3n) is 4.48. The lowest BCUT2D eigenvalue weighted by Gasteiger charge is -2.32. The molecular weight excluding hydrogens is 300 g/mol. The number of aliphatic hydroxyl groups is 1. The summed E-state index contributed by atoms with van der Waals surface area (Å²) < 4.78 is 0. The molecule has 0 amide bonds. The second-order valence-electron chi connectivity index (χ2n) is 6.40. The Morgan fingerprint density at radius 1 is 1.17 bits per heavy atom. The van der Waals surface area contributed by atoms with Crippen molar-refractivity contribution in [1.82, 2.24) is 10.6 Å². The van der Waals surface area contributed by atoms with Gasteiger partial charge in [-0.25, -0.2) is 4.99 Å². The van der Waals surface area contributed by atoms with E-state index in [0.29, 0.717) is 19.1 Å². The molecule has 5 heteroatoms. The molecule has 2 rings (SSSR count). The third-order valence-corrected chi connectivity index (χ3v) is 4.48. The molecule has 0 aromatic heterocycles. The van der Waals surface area contributed by atoms with Crippen LogP contribution in [0.3, 0.4) is 0 Å². The van der Waals surface area contributed by atoms with Crippen molar-refractivity contribution in [2.75, 3.05) is 37.7 Å². The zero-order valence-electron chi connectivity index (χ0n) is 15.1. The van der Waals surface area contributed by atoms with Gasteiger partial charge in [-0.3, -0.25) is 0 Å². The van der Waals surface area contributed by atoms with Gasteiger partial charge in [-0.15, -0.1) is 0 Å². The van der Waals surface area contributed by atoms with Crippen LogP contribution in [0.1, 0.15) is 38.7 Å². The molecule has 0 radical (unpaired) electrons. The number of aliphatic hydroxyl groups excluding tert-OH is 1. The summed E-state index contributed by atoms with van der Waals surface area (Å²) in [4.78, 5) is 7.05. The topological polar surface area (TPSA) is 59.9 Å². The van der Waals surface area contributed by atoms with Crippen LogP contribution in [0.5, 0.6) is 0 Å². The first-order valence-electron chi connectivity index (χ1n) is 9.23. The SMILES string of the molecule is CCCNC(=NCc1ccc(N2CCC(CO)CC2)cc1)NCC. The van der Waals surface area contributed by atoms with Crippen molar-refractivity contribution in [2.24, 2.45) is 10.9 Å². The van der Waals surface area contributed by atoms with Gasteiger partial charge < -0.3 is 20.6 Å². The minimum Gasteiger partial charge on any atom is -0.396 e. The molecule has 1 fully saturated rings. The molecule has 1 aliphatic rings. The van der Waals surface area contributed by atoms with E-state index in [4.69, 9.17) is 0 Å². The van der Waals surface area contributed by atoms with Crippen molar-refractivity contribution in [2.45, 2.75) is 39.7 Å². The molecule has 0 spiro atoms. The molecule has 1 saturated heterocycles. The molecule has 1 aromatic carbocycles. The highest BCUT2D eigenvalue weighted by Gasteiger charge is 2.18. The Balaban J connectivity index is 1.89. The van der Waals surface area contributed by atoms with Gasteiger partial charge in [0.2, 0.25) is 0 Å². The lowest BCUT2D eigenvalue weighted by molar-refractivity contribution is 0.203. The van der Waals surface area contributed by atoms with Crippen LogP contribution in [0.25, 0.3) is 0 Å². The maximum atomic E-state index is 9.24. The predicted molar refractivity (Wildman–Crippen MR) is 102 cm³/mol. The summed E-state index contributed by atoms with van der Waals surface area (Å²) >= 11 is 0. The van der Waals surface area contributed by atoms with E-state index in [1.54, 1.807) is 0 Å². The molecule has 0 unspecified atom stereocenters. The van der Waals surface area contributed by atoms with Crippen LogP contribution in [0.15, 0.2) is 29.3 Å². The standard InChI is InChI=1S/C19H32N4O/c1-3-11-21-19(20-4-2)22-14-16-5-7-18(8-6-16)23-12-9-17(15-24)10-13-23/h5-8,17,24H,3-4,9-15H2,1-2H3,(H2,20,21,22). The average Bonchev–Trinajstić information content (AvgIpc) is 2.64. The monoisotopic (exact) mass is 332 g/mol. The zero-order chi connectivity index (χ0) is 17.2. The minimum absolute atomic E-state index is 0.324. The first-order valence-corrected chi connectivity index (χ1v) is 9.23. The highest BCUT2D eigenvalue weighted by molar-refractivity contribution is 5.79. The number of hydrogen-bond donors (Lipinski definition) is 3. The van der Waals surface area contributed by atoms with Crippen molar-refractivity contribution in [3.63, 3.8) is 0 Å². The van der Waals surface area contributed by atoms with Crippen LogP contribution < -0.4 is 15.5 Å². The summed E-state index contributed by atoms with van der Waals surface area (Å²) in [6.45, 7) is 9.13. The Labute approximate surface area is 146 Å². The molecule has 0 saturated carbocycles. The van der Waals surface area contributed by atoms with Gasteiger partial charge in [-0.05, 0) is 49.8 Å². The van der Waals surface area contributed by atoms with Crippen molar-refractivity contribution in [1.29, 1.82) is 0 Å². The fourth-order valence-electron chi connectivity index (χ4n) is 2.94. The maximum Gasteiger partial charge on any atom is 0.191 e. The van der Waals surface area contributed by atoms with Crippen molar-refractivity contribution in [3.05, 3.63) is 29.8 Å². The van der Waals surface area contributed by atoms with Gasteiger partial charge in [-0.1, -0.05) is 19.1 Å². The first-order chi connectivity index (χ1) is 11.8. The van der Waals surface area contributed by atoms with Crippen LogP contribution in [-0.4, -0.2) is 43.9 Å². The maximum absolute atomic E-state index is 9.24. The van der Waals surface area contributed by atoms with Gasteiger partial charge in [0.1, 0.15) is 0 Å². The van der Waals surface area contributed by atoms with Crippen molar-refractivity contribution >= 4 is 11.6 Å². The van der Waals surface area contributed by atoms with Gasteiger partial charge in [0, 0.05) is 38.5 Å².